The second-order valence-electron chi connectivity index (χ2n) is 8.37. The molecule has 3 heterocycles. The van der Waals surface area contributed by atoms with Crippen molar-refractivity contribution in [1.29, 1.82) is 0 Å². The summed E-state index contributed by atoms with van der Waals surface area (Å²) >= 11 is 0. The number of benzene rings is 1. The van der Waals surface area contributed by atoms with Crippen LogP contribution in [0.4, 0.5) is 0 Å². The van der Waals surface area contributed by atoms with Gasteiger partial charge in [-0.3, -0.25) is 9.88 Å². The number of ether oxygens (including phenoxy) is 1. The lowest BCUT2D eigenvalue weighted by Gasteiger charge is -2.36. The van der Waals surface area contributed by atoms with E-state index in [0.29, 0.717) is 0 Å². The van der Waals surface area contributed by atoms with E-state index in [1.165, 1.54) is 24.0 Å². The maximum absolute atomic E-state index is 5.69. The van der Waals surface area contributed by atoms with Crippen molar-refractivity contribution in [1.82, 2.24) is 19.9 Å². The standard InChI is InChI=1S/C26H32N4O/c1-4-7-25-28-17-22(20-11-13-27-14-12-20)26(29-25)23-8-5-6-15-30(23)18-21-10-9-19(2)16-24(21)31-3/h9-14,16-17,23H,4-8,15,18H2,1-3H3/t23-/m0/s1. The van der Waals surface area contributed by atoms with Crippen LogP contribution in [0.5, 0.6) is 5.75 Å². The number of nitrogens with zero attached hydrogens (tertiary/aromatic N) is 4. The van der Waals surface area contributed by atoms with Crippen LogP contribution < -0.4 is 4.74 Å². The summed E-state index contributed by atoms with van der Waals surface area (Å²) in [5, 5.41) is 0. The van der Waals surface area contributed by atoms with Crippen LogP contribution >= 0.6 is 0 Å². The highest BCUT2D eigenvalue weighted by Gasteiger charge is 2.29. The van der Waals surface area contributed by atoms with Gasteiger partial charge in [0, 0.05) is 42.7 Å². The number of aryl methyl sites for hydroxylation is 2. The molecule has 1 atom stereocenters. The van der Waals surface area contributed by atoms with Gasteiger partial charge in [0.05, 0.1) is 18.8 Å². The van der Waals surface area contributed by atoms with Crippen LogP contribution in [0.25, 0.3) is 11.1 Å². The summed E-state index contributed by atoms with van der Waals surface area (Å²) in [7, 11) is 1.76. The third-order valence-corrected chi connectivity index (χ3v) is 6.08. The first-order valence-corrected chi connectivity index (χ1v) is 11.3. The fraction of sp³-hybridized carbons (Fsp3) is 0.423. The minimum atomic E-state index is 0.265. The van der Waals surface area contributed by atoms with Gasteiger partial charge >= 0.3 is 0 Å². The third-order valence-electron chi connectivity index (χ3n) is 6.08. The third kappa shape index (κ3) is 4.93. The SMILES string of the molecule is CCCc1ncc(-c2ccncc2)c([C@@H]2CCCCN2Cc2ccc(C)cc2OC)n1. The monoisotopic (exact) mass is 416 g/mol. The minimum absolute atomic E-state index is 0.265. The molecule has 2 aromatic heterocycles. The van der Waals surface area contributed by atoms with Gasteiger partial charge in [0.1, 0.15) is 11.6 Å². The Morgan fingerprint density at radius 3 is 2.74 bits per heavy atom. The first-order chi connectivity index (χ1) is 15.2. The van der Waals surface area contributed by atoms with Crippen LogP contribution in [0.15, 0.2) is 48.9 Å². The van der Waals surface area contributed by atoms with Gasteiger partial charge in [0.25, 0.3) is 0 Å². The summed E-state index contributed by atoms with van der Waals surface area (Å²) in [5.41, 5.74) is 5.85. The number of hydrogen-bond donors (Lipinski definition) is 0. The van der Waals surface area contributed by atoms with Crippen molar-refractivity contribution in [2.24, 2.45) is 0 Å². The lowest BCUT2D eigenvalue weighted by molar-refractivity contribution is 0.136. The van der Waals surface area contributed by atoms with E-state index in [4.69, 9.17) is 9.72 Å². The van der Waals surface area contributed by atoms with E-state index in [-0.39, 0.29) is 6.04 Å². The zero-order chi connectivity index (χ0) is 21.6. The average molecular weight is 417 g/mol. The van der Waals surface area contributed by atoms with E-state index in [1.54, 1.807) is 7.11 Å². The maximum atomic E-state index is 5.69. The summed E-state index contributed by atoms with van der Waals surface area (Å²) in [6.45, 7) is 6.20. The van der Waals surface area contributed by atoms with Gasteiger partial charge in [0.15, 0.2) is 0 Å². The van der Waals surface area contributed by atoms with Crippen LogP contribution in [0, 0.1) is 6.92 Å². The number of aromatic nitrogens is 3. The first kappa shape index (κ1) is 21.4. The molecule has 4 rings (SSSR count). The zero-order valence-electron chi connectivity index (χ0n) is 18.8. The largest absolute Gasteiger partial charge is 0.496 e. The van der Waals surface area contributed by atoms with Gasteiger partial charge in [-0.15, -0.1) is 0 Å². The van der Waals surface area contributed by atoms with Crippen LogP contribution in [0.1, 0.15) is 61.3 Å². The number of pyridine rings is 1. The zero-order valence-corrected chi connectivity index (χ0v) is 18.8. The second-order valence-corrected chi connectivity index (χ2v) is 8.37. The number of likely N-dealkylation sites (tertiary alicyclic amines) is 1. The van der Waals surface area contributed by atoms with E-state index in [2.05, 4.69) is 59.0 Å². The molecule has 0 saturated carbocycles. The summed E-state index contributed by atoms with van der Waals surface area (Å²) < 4.78 is 5.69. The van der Waals surface area contributed by atoms with E-state index in [1.807, 2.05) is 18.6 Å². The Bertz CT molecular complexity index is 1010. The predicted molar refractivity (Wildman–Crippen MR) is 124 cm³/mol. The van der Waals surface area contributed by atoms with Crippen molar-refractivity contribution in [3.05, 3.63) is 71.6 Å². The molecule has 0 spiro atoms. The number of rotatable bonds is 7. The van der Waals surface area contributed by atoms with Gasteiger partial charge in [-0.2, -0.15) is 0 Å². The highest BCUT2D eigenvalue weighted by Crippen LogP contribution is 2.37. The normalized spacial score (nSPS) is 16.9. The highest BCUT2D eigenvalue weighted by molar-refractivity contribution is 5.65. The minimum Gasteiger partial charge on any atom is -0.496 e. The molecule has 0 bridgehead atoms. The molecule has 31 heavy (non-hydrogen) atoms. The van der Waals surface area contributed by atoms with Crippen molar-refractivity contribution >= 4 is 0 Å². The van der Waals surface area contributed by atoms with Crippen molar-refractivity contribution in [3.8, 4) is 16.9 Å². The maximum Gasteiger partial charge on any atom is 0.128 e. The van der Waals surface area contributed by atoms with Gasteiger partial charge in [-0.25, -0.2) is 9.97 Å². The van der Waals surface area contributed by atoms with Gasteiger partial charge in [-0.1, -0.05) is 25.5 Å². The molecule has 1 aliphatic heterocycles. The summed E-state index contributed by atoms with van der Waals surface area (Å²) in [6, 6.07) is 10.9. The Kier molecular flexibility index (Phi) is 6.92. The molecule has 0 N–H and O–H groups in total. The van der Waals surface area contributed by atoms with Gasteiger partial charge < -0.3 is 4.74 Å². The smallest absolute Gasteiger partial charge is 0.128 e. The summed E-state index contributed by atoms with van der Waals surface area (Å²) in [4.78, 5) is 16.5. The molecule has 1 saturated heterocycles. The lowest BCUT2D eigenvalue weighted by atomic mass is 9.93. The Morgan fingerprint density at radius 2 is 1.97 bits per heavy atom. The van der Waals surface area contributed by atoms with E-state index in [9.17, 15) is 0 Å². The lowest BCUT2D eigenvalue weighted by Crippen LogP contribution is -2.34. The van der Waals surface area contributed by atoms with Crippen LogP contribution in [0.2, 0.25) is 0 Å². The van der Waals surface area contributed by atoms with E-state index in [0.717, 1.165) is 60.7 Å². The molecule has 162 valence electrons. The van der Waals surface area contributed by atoms with E-state index >= 15 is 0 Å². The summed E-state index contributed by atoms with van der Waals surface area (Å²) in [5.74, 6) is 1.90. The molecule has 0 unspecified atom stereocenters. The van der Waals surface area contributed by atoms with Gasteiger partial charge in [-0.05, 0) is 62.1 Å². The average Bonchev–Trinajstić information content (AvgIpc) is 2.81. The molecule has 1 fully saturated rings. The topological polar surface area (TPSA) is 51.1 Å². The summed E-state index contributed by atoms with van der Waals surface area (Å²) in [6.07, 6.45) is 11.2. The Hall–Kier alpha value is -2.79. The van der Waals surface area contributed by atoms with E-state index < -0.39 is 0 Å². The molecular formula is C26H32N4O. The second kappa shape index (κ2) is 10.0. The van der Waals surface area contributed by atoms with Crippen molar-refractivity contribution in [2.45, 2.75) is 58.5 Å². The number of piperidine rings is 1. The Morgan fingerprint density at radius 1 is 1.13 bits per heavy atom. The fourth-order valence-corrected chi connectivity index (χ4v) is 4.48. The molecule has 3 aromatic rings. The van der Waals surface area contributed by atoms with Crippen molar-refractivity contribution in [3.63, 3.8) is 0 Å². The van der Waals surface area contributed by atoms with Crippen molar-refractivity contribution in [2.75, 3.05) is 13.7 Å². The van der Waals surface area contributed by atoms with Crippen LogP contribution in [0.3, 0.4) is 0 Å². The number of hydrogen-bond acceptors (Lipinski definition) is 5. The predicted octanol–water partition coefficient (Wildman–Crippen LogP) is 5.54. The molecule has 5 heteroatoms. The molecule has 0 radical (unpaired) electrons. The quantitative estimate of drug-likeness (QED) is 0.506. The van der Waals surface area contributed by atoms with Crippen molar-refractivity contribution < 1.29 is 4.74 Å². The molecule has 5 nitrogen and oxygen atoms in total. The Labute approximate surface area is 185 Å². The first-order valence-electron chi connectivity index (χ1n) is 11.3. The van der Waals surface area contributed by atoms with Gasteiger partial charge in [0.2, 0.25) is 0 Å². The molecule has 0 aliphatic carbocycles. The highest BCUT2D eigenvalue weighted by atomic mass is 16.5. The molecule has 0 amide bonds. The number of methoxy groups -OCH3 is 1. The Balaban J connectivity index is 1.72. The van der Waals surface area contributed by atoms with Crippen LogP contribution in [-0.2, 0) is 13.0 Å². The molecular weight excluding hydrogens is 384 g/mol. The molecule has 1 aliphatic rings. The fourth-order valence-electron chi connectivity index (χ4n) is 4.48. The molecule has 1 aromatic carbocycles. The van der Waals surface area contributed by atoms with Crippen LogP contribution in [-0.4, -0.2) is 33.5 Å².